The predicted molar refractivity (Wildman–Crippen MR) is 89.9 cm³/mol. The zero-order valence-electron chi connectivity index (χ0n) is 13.7. The summed E-state index contributed by atoms with van der Waals surface area (Å²) in [5.41, 5.74) is -1.49. The number of carbonyl (C=O) groups excluding carboxylic acids is 3. The minimum absolute atomic E-state index is 0.113. The topological polar surface area (TPSA) is 72.9 Å². The summed E-state index contributed by atoms with van der Waals surface area (Å²) in [5, 5.41) is -0.421. The van der Waals surface area contributed by atoms with Crippen LogP contribution < -0.4 is 0 Å². The van der Waals surface area contributed by atoms with E-state index in [4.69, 9.17) is 9.47 Å². The lowest BCUT2D eigenvalue weighted by molar-refractivity contribution is -0.195. The van der Waals surface area contributed by atoms with E-state index in [0.29, 0.717) is 5.70 Å². The molecule has 2 aliphatic heterocycles. The first-order valence-corrected chi connectivity index (χ1v) is 8.99. The van der Waals surface area contributed by atoms with E-state index >= 15 is 0 Å². The van der Waals surface area contributed by atoms with Crippen molar-refractivity contribution in [3.05, 3.63) is 11.8 Å². The second kappa shape index (κ2) is 6.22. The maximum Gasteiger partial charge on any atom is 0.302 e. The van der Waals surface area contributed by atoms with Crippen molar-refractivity contribution < 1.29 is 23.9 Å². The van der Waals surface area contributed by atoms with Crippen LogP contribution in [0.15, 0.2) is 11.8 Å². The molecule has 2 heterocycles. The molecular formula is C15H20BrNO5S. The normalized spacial score (nSPS) is 30.3. The number of β-lactam (4-membered cyclic amide) rings is 1. The molecule has 128 valence electrons. The molecule has 0 saturated carbocycles. The first-order valence-electron chi connectivity index (χ1n) is 7.13. The van der Waals surface area contributed by atoms with Crippen molar-refractivity contribution >= 4 is 45.4 Å². The number of amides is 1. The number of ketones is 1. The standard InChI is InChI=1S/C15H20BrNO5S/c1-8(18)22-7-15(21-5)12(20)17-9(11(19)14(2,3)4)6-10(16)23-13(15)17/h6,10,13H,7H2,1-5H3/t10?,13-,15-/m0/s1. The molecule has 23 heavy (non-hydrogen) atoms. The van der Waals surface area contributed by atoms with Gasteiger partial charge in [-0.3, -0.25) is 19.3 Å². The number of ether oxygens (including phenoxy) is 2. The lowest BCUT2D eigenvalue weighted by atomic mass is 9.84. The van der Waals surface area contributed by atoms with Crippen LogP contribution in [0.3, 0.4) is 0 Å². The fourth-order valence-electron chi connectivity index (χ4n) is 2.49. The van der Waals surface area contributed by atoms with E-state index < -0.39 is 22.4 Å². The smallest absolute Gasteiger partial charge is 0.302 e. The van der Waals surface area contributed by atoms with E-state index in [1.165, 1.54) is 30.7 Å². The molecule has 0 aliphatic carbocycles. The fraction of sp³-hybridized carbons (Fsp3) is 0.667. The average molecular weight is 406 g/mol. The zero-order chi connectivity index (χ0) is 17.6. The molecule has 6 nitrogen and oxygen atoms in total. The van der Waals surface area contributed by atoms with Crippen LogP contribution in [0.25, 0.3) is 0 Å². The van der Waals surface area contributed by atoms with Gasteiger partial charge in [-0.05, 0) is 6.08 Å². The van der Waals surface area contributed by atoms with Crippen LogP contribution in [0.5, 0.6) is 0 Å². The lowest BCUT2D eigenvalue weighted by Crippen LogP contribution is -2.76. The van der Waals surface area contributed by atoms with Crippen LogP contribution >= 0.6 is 27.7 Å². The first kappa shape index (κ1) is 18.5. The molecule has 0 bridgehead atoms. The van der Waals surface area contributed by atoms with Gasteiger partial charge in [-0.15, -0.1) is 11.8 Å². The number of thioether (sulfide) groups is 1. The van der Waals surface area contributed by atoms with E-state index in [9.17, 15) is 14.4 Å². The summed E-state index contributed by atoms with van der Waals surface area (Å²) in [6.07, 6.45) is 1.73. The number of methoxy groups -OCH3 is 1. The number of Topliss-reactive ketones (excluding diaryl/α,β-unsaturated/α-hetero) is 1. The third-order valence-corrected chi connectivity index (χ3v) is 5.95. The monoisotopic (exact) mass is 405 g/mol. The van der Waals surface area contributed by atoms with Gasteiger partial charge >= 0.3 is 5.97 Å². The maximum absolute atomic E-state index is 12.7. The van der Waals surface area contributed by atoms with Gasteiger partial charge in [-0.25, -0.2) is 0 Å². The molecule has 0 aromatic heterocycles. The molecule has 0 N–H and O–H groups in total. The molecule has 0 spiro atoms. The van der Waals surface area contributed by atoms with Crippen molar-refractivity contribution in [2.75, 3.05) is 13.7 Å². The highest BCUT2D eigenvalue weighted by Crippen LogP contribution is 2.50. The second-order valence-corrected chi connectivity index (χ2v) is 9.34. The Morgan fingerprint density at radius 1 is 1.43 bits per heavy atom. The van der Waals surface area contributed by atoms with Crippen LogP contribution in [0.2, 0.25) is 0 Å². The van der Waals surface area contributed by atoms with Gasteiger partial charge in [0.1, 0.15) is 12.0 Å². The molecule has 0 aromatic carbocycles. The molecule has 0 aromatic rings. The molecule has 0 radical (unpaired) electrons. The summed E-state index contributed by atoms with van der Waals surface area (Å²) in [7, 11) is 1.41. The van der Waals surface area contributed by atoms with Crippen molar-refractivity contribution in [3.8, 4) is 0 Å². The summed E-state index contributed by atoms with van der Waals surface area (Å²) in [6.45, 7) is 6.54. The van der Waals surface area contributed by atoms with Crippen LogP contribution in [0.4, 0.5) is 0 Å². The first-order chi connectivity index (χ1) is 10.5. The second-order valence-electron chi connectivity index (χ2n) is 6.52. The Balaban J connectivity index is 2.33. The highest BCUT2D eigenvalue weighted by molar-refractivity contribution is 9.11. The summed E-state index contributed by atoms with van der Waals surface area (Å²) in [4.78, 5) is 37.9. The molecule has 2 rings (SSSR count). The molecule has 3 atom stereocenters. The van der Waals surface area contributed by atoms with Crippen LogP contribution in [-0.2, 0) is 23.9 Å². The number of halogens is 1. The van der Waals surface area contributed by atoms with Gasteiger partial charge in [0.2, 0.25) is 5.60 Å². The van der Waals surface area contributed by atoms with E-state index in [-0.39, 0.29) is 22.5 Å². The Labute approximate surface area is 148 Å². The number of nitrogens with zero attached hydrogens (tertiary/aromatic N) is 1. The number of hydrogen-bond donors (Lipinski definition) is 0. The number of hydrogen-bond acceptors (Lipinski definition) is 6. The highest BCUT2D eigenvalue weighted by Gasteiger charge is 2.66. The van der Waals surface area contributed by atoms with Crippen molar-refractivity contribution in [1.29, 1.82) is 0 Å². The largest absolute Gasteiger partial charge is 0.462 e. The van der Waals surface area contributed by atoms with Gasteiger partial charge in [0.05, 0.1) is 9.86 Å². The van der Waals surface area contributed by atoms with Crippen molar-refractivity contribution in [2.45, 2.75) is 42.8 Å². The number of esters is 1. The number of alkyl halides is 1. The fourth-order valence-corrected chi connectivity index (χ4v) is 4.62. The molecule has 8 heteroatoms. The third-order valence-electron chi connectivity index (χ3n) is 3.79. The molecular weight excluding hydrogens is 386 g/mol. The van der Waals surface area contributed by atoms with E-state index in [2.05, 4.69) is 15.9 Å². The van der Waals surface area contributed by atoms with E-state index in [1.807, 2.05) is 20.8 Å². The minimum atomic E-state index is -1.25. The Morgan fingerprint density at radius 3 is 2.52 bits per heavy atom. The SMILES string of the molecule is CO[C@@]1(COC(C)=O)C(=O)N2C(C(=O)C(C)(C)C)=CC(Br)S[C@H]21. The summed E-state index contributed by atoms with van der Waals surface area (Å²) < 4.78 is 10.3. The van der Waals surface area contributed by atoms with Crippen LogP contribution in [0, 0.1) is 5.41 Å². The van der Waals surface area contributed by atoms with E-state index in [1.54, 1.807) is 6.08 Å². The quantitative estimate of drug-likeness (QED) is 0.404. The molecule has 1 saturated heterocycles. The molecule has 2 aliphatic rings. The average Bonchev–Trinajstić information content (AvgIpc) is 2.45. The Kier molecular flexibility index (Phi) is 4.99. The van der Waals surface area contributed by atoms with Crippen molar-refractivity contribution in [1.82, 2.24) is 4.90 Å². The predicted octanol–water partition coefficient (Wildman–Crippen LogP) is 2.07. The van der Waals surface area contributed by atoms with Gasteiger partial charge in [0.15, 0.2) is 5.78 Å². The minimum Gasteiger partial charge on any atom is -0.462 e. The maximum atomic E-state index is 12.7. The summed E-state index contributed by atoms with van der Waals surface area (Å²) in [5.74, 6) is -0.954. The van der Waals surface area contributed by atoms with Gasteiger partial charge in [-0.1, -0.05) is 36.7 Å². The van der Waals surface area contributed by atoms with Gasteiger partial charge < -0.3 is 9.47 Å². The summed E-state index contributed by atoms with van der Waals surface area (Å²) >= 11 is 4.91. The number of allylic oxidation sites excluding steroid dienone is 1. The Morgan fingerprint density at radius 2 is 2.04 bits per heavy atom. The van der Waals surface area contributed by atoms with Crippen LogP contribution in [-0.4, -0.2) is 51.4 Å². The molecule has 1 unspecified atom stereocenters. The zero-order valence-corrected chi connectivity index (χ0v) is 16.1. The van der Waals surface area contributed by atoms with E-state index in [0.717, 1.165) is 0 Å². The van der Waals surface area contributed by atoms with Gasteiger partial charge in [0, 0.05) is 19.4 Å². The third kappa shape index (κ3) is 3.08. The lowest BCUT2D eigenvalue weighted by Gasteiger charge is -2.56. The number of carbonyl (C=O) groups is 3. The van der Waals surface area contributed by atoms with Crippen molar-refractivity contribution in [2.24, 2.45) is 5.41 Å². The summed E-state index contributed by atoms with van der Waals surface area (Å²) in [6, 6.07) is 0. The van der Waals surface area contributed by atoms with Gasteiger partial charge in [0.25, 0.3) is 5.91 Å². The van der Waals surface area contributed by atoms with Gasteiger partial charge in [-0.2, -0.15) is 0 Å². The number of fused-ring (bicyclic) bond motifs is 1. The Hall–Kier alpha value is -0.860. The molecule has 1 fully saturated rings. The molecule has 1 amide bonds. The Bertz CT molecular complexity index is 585. The van der Waals surface area contributed by atoms with Crippen LogP contribution in [0.1, 0.15) is 27.7 Å². The number of rotatable bonds is 4. The van der Waals surface area contributed by atoms with Crippen molar-refractivity contribution in [3.63, 3.8) is 0 Å². The highest BCUT2D eigenvalue weighted by atomic mass is 79.9.